The van der Waals surface area contributed by atoms with Crippen molar-refractivity contribution in [2.75, 3.05) is 0 Å². The van der Waals surface area contributed by atoms with E-state index in [4.69, 9.17) is 17.7 Å². The summed E-state index contributed by atoms with van der Waals surface area (Å²) in [4.78, 5) is 48.5. The van der Waals surface area contributed by atoms with Gasteiger partial charge in [0.1, 0.15) is 113 Å². The summed E-state index contributed by atoms with van der Waals surface area (Å²) < 4.78 is 21.6. The van der Waals surface area contributed by atoms with Crippen molar-refractivity contribution in [3.63, 3.8) is 0 Å². The van der Waals surface area contributed by atoms with E-state index in [0.29, 0.717) is 22.3 Å². The summed E-state index contributed by atoms with van der Waals surface area (Å²) in [6, 6.07) is 31.3. The first kappa shape index (κ1) is 56.1. The van der Waals surface area contributed by atoms with Gasteiger partial charge < -0.3 is 99.4 Å². The Hall–Kier alpha value is -12.6. The second kappa shape index (κ2) is 22.3. The molecule has 8 aromatic carbocycles. The quantitative estimate of drug-likeness (QED) is 0.0780. The van der Waals surface area contributed by atoms with Crippen molar-refractivity contribution in [2.24, 2.45) is 0 Å². The van der Waals surface area contributed by atoms with Crippen LogP contribution in [0.2, 0.25) is 0 Å². The molecule has 4 heterocycles. The van der Waals surface area contributed by atoms with Gasteiger partial charge in [0.05, 0.1) is 0 Å². The van der Waals surface area contributed by atoms with Crippen molar-refractivity contribution in [3.05, 3.63) is 186 Å². The van der Waals surface area contributed by atoms with Crippen molar-refractivity contribution < 1.29 is 99.4 Å². The lowest BCUT2D eigenvalue weighted by atomic mass is 10.1. The van der Waals surface area contributed by atoms with E-state index in [-0.39, 0.29) is 113 Å². The molecule has 24 nitrogen and oxygen atoms in total. The third-order valence-corrected chi connectivity index (χ3v) is 12.3. The van der Waals surface area contributed by atoms with Gasteiger partial charge in [-0.15, -0.1) is 0 Å². The van der Waals surface area contributed by atoms with E-state index in [1.165, 1.54) is 121 Å². The molecule has 0 fully saturated rings. The van der Waals surface area contributed by atoms with Gasteiger partial charge in [-0.05, 0) is 97.1 Å². The molecule has 12 rings (SSSR count). The highest BCUT2D eigenvalue weighted by atomic mass is 16.4. The molecule has 0 unspecified atom stereocenters. The van der Waals surface area contributed by atoms with Crippen LogP contribution in [-0.4, -0.2) is 81.7 Å². The SMILES string of the molecule is O=c1c(O)c(-c2ccc(O)cc2)oc2cc(O)cc(O)c12.O=c1c(O)c(-c2ccc(O)cc2)oc2cc(O)cc(O)c12.O=c1c(O)c(-c2ccc(O)cc2)oc2cc(O)cc(O)c12.O=c1c(O)c(-c2ccc(O)cc2)oc2cc(O)cc(O)c12. The van der Waals surface area contributed by atoms with Gasteiger partial charge in [-0.3, -0.25) is 19.2 Å². The lowest BCUT2D eigenvalue weighted by Crippen LogP contribution is -2.02. The lowest BCUT2D eigenvalue weighted by Gasteiger charge is -2.07. The molecule has 16 N–H and O–H groups in total. The normalized spacial score (nSPS) is 10.9. The van der Waals surface area contributed by atoms with Crippen LogP contribution in [0.25, 0.3) is 89.2 Å². The zero-order valence-electron chi connectivity index (χ0n) is 42.3. The summed E-state index contributed by atoms with van der Waals surface area (Å²) >= 11 is 0. The Labute approximate surface area is 465 Å². The predicted octanol–water partition coefficient (Wildman–Crippen LogP) is 9.13. The van der Waals surface area contributed by atoms with Gasteiger partial charge in [0, 0.05) is 70.8 Å². The molecule has 424 valence electrons. The maximum Gasteiger partial charge on any atom is 0.238 e. The first-order valence-electron chi connectivity index (χ1n) is 23.9. The van der Waals surface area contributed by atoms with Gasteiger partial charge in [-0.25, -0.2) is 0 Å². The van der Waals surface area contributed by atoms with Crippen molar-refractivity contribution in [1.82, 2.24) is 0 Å². The van der Waals surface area contributed by atoms with Crippen molar-refractivity contribution >= 4 is 43.9 Å². The molecule has 0 aliphatic carbocycles. The summed E-state index contributed by atoms with van der Waals surface area (Å²) in [6.45, 7) is 0. The van der Waals surface area contributed by atoms with Crippen molar-refractivity contribution in [3.8, 4) is 137 Å². The maximum atomic E-state index is 12.1. The standard InChI is InChI=1S/4C15H10O6/c4*16-8-3-1-7(2-4-8)15-14(20)13(19)12-10(18)5-9(17)6-11(12)21-15/h4*1-6,16-18,20H. The summed E-state index contributed by atoms with van der Waals surface area (Å²) in [6.07, 6.45) is 0. The van der Waals surface area contributed by atoms with Gasteiger partial charge in [-0.2, -0.15) is 0 Å². The molecule has 0 amide bonds. The summed E-state index contributed by atoms with van der Waals surface area (Å²) in [5.74, 6) is -6.00. The number of phenolic OH excluding ortho intramolecular Hbond substituents is 12. The average molecular weight is 1140 g/mol. The van der Waals surface area contributed by atoms with Crippen LogP contribution in [-0.2, 0) is 0 Å². The Morgan fingerprint density at radius 1 is 0.214 bits per heavy atom. The largest absolute Gasteiger partial charge is 0.508 e. The molecule has 0 aliphatic heterocycles. The fourth-order valence-electron chi connectivity index (χ4n) is 8.33. The smallest absolute Gasteiger partial charge is 0.238 e. The fraction of sp³-hybridized carbons (Fsp3) is 0. The maximum absolute atomic E-state index is 12.1. The van der Waals surface area contributed by atoms with Crippen LogP contribution in [0, 0.1) is 0 Å². The van der Waals surface area contributed by atoms with Crippen molar-refractivity contribution in [2.45, 2.75) is 0 Å². The van der Waals surface area contributed by atoms with Crippen LogP contribution in [0.3, 0.4) is 0 Å². The molecular weight excluding hydrogens is 1100 g/mol. The number of benzene rings is 8. The second-order valence-electron chi connectivity index (χ2n) is 18.0. The Bertz CT molecular complexity index is 4180. The zero-order valence-corrected chi connectivity index (χ0v) is 42.3. The minimum atomic E-state index is -0.808. The number of hydrogen-bond donors (Lipinski definition) is 16. The zero-order chi connectivity index (χ0) is 60.6. The van der Waals surface area contributed by atoms with Crippen LogP contribution in [0.15, 0.2) is 182 Å². The highest BCUT2D eigenvalue weighted by molar-refractivity contribution is 5.91. The molecular formula is C60H40O24. The predicted molar refractivity (Wildman–Crippen MR) is 298 cm³/mol. The van der Waals surface area contributed by atoms with Gasteiger partial charge in [-0.1, -0.05) is 0 Å². The molecule has 12 aromatic rings. The van der Waals surface area contributed by atoms with Gasteiger partial charge in [0.15, 0.2) is 23.0 Å². The van der Waals surface area contributed by atoms with Gasteiger partial charge in [0.25, 0.3) is 0 Å². The molecule has 0 bridgehead atoms. The van der Waals surface area contributed by atoms with E-state index in [1.807, 2.05) is 0 Å². The Morgan fingerprint density at radius 3 is 0.548 bits per heavy atom. The minimum absolute atomic E-state index is 0.0247. The van der Waals surface area contributed by atoms with E-state index >= 15 is 0 Å². The van der Waals surface area contributed by atoms with Crippen LogP contribution in [0.1, 0.15) is 0 Å². The number of fused-ring (bicyclic) bond motifs is 4. The molecule has 0 saturated heterocycles. The Morgan fingerprint density at radius 2 is 0.381 bits per heavy atom. The molecule has 0 atom stereocenters. The van der Waals surface area contributed by atoms with Crippen molar-refractivity contribution in [1.29, 1.82) is 0 Å². The van der Waals surface area contributed by atoms with Crippen LogP contribution in [0.4, 0.5) is 0 Å². The highest BCUT2D eigenvalue weighted by Crippen LogP contribution is 2.40. The third kappa shape index (κ3) is 11.1. The minimum Gasteiger partial charge on any atom is -0.508 e. The topological polar surface area (TPSA) is 445 Å². The van der Waals surface area contributed by atoms with E-state index in [0.717, 1.165) is 24.3 Å². The lowest BCUT2D eigenvalue weighted by molar-refractivity contribution is 0.438. The molecule has 0 aliphatic rings. The van der Waals surface area contributed by atoms with Crippen LogP contribution in [0.5, 0.6) is 92.0 Å². The second-order valence-corrected chi connectivity index (χ2v) is 18.0. The van der Waals surface area contributed by atoms with Crippen LogP contribution >= 0.6 is 0 Å². The monoisotopic (exact) mass is 1140 g/mol. The summed E-state index contributed by atoms with van der Waals surface area (Å²) in [5.41, 5.74) is -1.99. The van der Waals surface area contributed by atoms with E-state index in [9.17, 15) is 101 Å². The van der Waals surface area contributed by atoms with Crippen LogP contribution < -0.4 is 21.7 Å². The molecule has 24 heteroatoms. The molecule has 4 aromatic heterocycles. The number of rotatable bonds is 4. The van der Waals surface area contributed by atoms with E-state index in [2.05, 4.69) is 0 Å². The highest BCUT2D eigenvalue weighted by Gasteiger charge is 2.23. The number of phenols is 12. The van der Waals surface area contributed by atoms with E-state index in [1.54, 1.807) is 0 Å². The Balaban J connectivity index is 0.000000134. The Kier molecular flexibility index (Phi) is 14.9. The van der Waals surface area contributed by atoms with E-state index < -0.39 is 67.7 Å². The van der Waals surface area contributed by atoms with Gasteiger partial charge >= 0.3 is 0 Å². The summed E-state index contributed by atoms with van der Waals surface area (Å²) in [7, 11) is 0. The summed E-state index contributed by atoms with van der Waals surface area (Å²) in [5, 5.41) is 153. The number of hydrogen-bond acceptors (Lipinski definition) is 24. The molecule has 0 saturated carbocycles. The van der Waals surface area contributed by atoms with Gasteiger partial charge in [0.2, 0.25) is 44.7 Å². The molecule has 84 heavy (non-hydrogen) atoms. The average Bonchev–Trinajstić information content (AvgIpc) is 3.65. The first-order valence-corrected chi connectivity index (χ1v) is 23.9. The first-order chi connectivity index (χ1) is 39.9. The number of aromatic hydroxyl groups is 16. The third-order valence-electron chi connectivity index (χ3n) is 12.3. The molecule has 0 radical (unpaired) electrons. The fourth-order valence-corrected chi connectivity index (χ4v) is 8.33. The molecule has 0 spiro atoms.